The van der Waals surface area contributed by atoms with Crippen LogP contribution >= 0.6 is 22.6 Å². The van der Waals surface area contributed by atoms with Gasteiger partial charge in [-0.25, -0.2) is 0 Å². The van der Waals surface area contributed by atoms with E-state index in [1.165, 1.54) is 40.3 Å². The highest BCUT2D eigenvalue weighted by molar-refractivity contribution is 14.1. The second-order valence-electron chi connectivity index (χ2n) is 5.82. The third-order valence-corrected chi connectivity index (χ3v) is 5.86. The van der Waals surface area contributed by atoms with Gasteiger partial charge in [0.2, 0.25) is 0 Å². The second-order valence-corrected chi connectivity index (χ2v) is 7.32. The lowest BCUT2D eigenvalue weighted by molar-refractivity contribution is 0.837. The van der Waals surface area contributed by atoms with Gasteiger partial charge >= 0.3 is 0 Å². The Labute approximate surface area is 133 Å². The highest BCUT2D eigenvalue weighted by Crippen LogP contribution is 2.46. The normalized spacial score (nSPS) is 24.7. The van der Waals surface area contributed by atoms with E-state index in [-0.39, 0.29) is 0 Å². The molecule has 2 aromatic rings. The van der Waals surface area contributed by atoms with Crippen molar-refractivity contribution in [2.45, 2.75) is 29.6 Å². The average Bonchev–Trinajstić information content (AvgIpc) is 2.48. The molecule has 4 rings (SSSR count). The maximum absolute atomic E-state index is 2.61. The van der Waals surface area contributed by atoms with E-state index >= 15 is 0 Å². The Morgan fingerprint density at radius 3 is 2.85 bits per heavy atom. The fraction of sp³-hybridized carbons (Fsp3) is 0.263. The molecule has 0 aliphatic heterocycles. The first-order valence-electron chi connectivity index (χ1n) is 7.34. The number of hydrogen-bond donors (Lipinski definition) is 0. The van der Waals surface area contributed by atoms with Gasteiger partial charge in [-0.05, 0) is 45.9 Å². The van der Waals surface area contributed by atoms with E-state index in [0.29, 0.717) is 9.84 Å². The van der Waals surface area contributed by atoms with Gasteiger partial charge in [0.15, 0.2) is 0 Å². The average molecular weight is 372 g/mol. The zero-order valence-electron chi connectivity index (χ0n) is 11.6. The van der Waals surface area contributed by atoms with Crippen LogP contribution in [0.5, 0.6) is 0 Å². The Kier molecular flexibility index (Phi) is 2.99. The molecule has 0 fully saturated rings. The van der Waals surface area contributed by atoms with Crippen LogP contribution in [-0.4, -0.2) is 3.92 Å². The van der Waals surface area contributed by atoms with Crippen molar-refractivity contribution in [1.82, 2.24) is 0 Å². The topological polar surface area (TPSA) is 0 Å². The van der Waals surface area contributed by atoms with Crippen LogP contribution in [-0.2, 0) is 0 Å². The summed E-state index contributed by atoms with van der Waals surface area (Å²) in [5, 5.41) is 2.78. The number of allylic oxidation sites excluding steroid dienone is 4. The first-order valence-corrected chi connectivity index (χ1v) is 8.58. The fourth-order valence-corrected chi connectivity index (χ4v) is 4.55. The Hall–Kier alpha value is -1.09. The summed E-state index contributed by atoms with van der Waals surface area (Å²) in [6, 6.07) is 13.4. The molecule has 0 heterocycles. The highest BCUT2D eigenvalue weighted by Gasteiger charge is 2.28. The van der Waals surface area contributed by atoms with Crippen molar-refractivity contribution in [3.63, 3.8) is 0 Å². The quantitative estimate of drug-likeness (QED) is 0.401. The van der Waals surface area contributed by atoms with Crippen LogP contribution < -0.4 is 0 Å². The Morgan fingerprint density at radius 1 is 1.10 bits per heavy atom. The van der Waals surface area contributed by atoms with E-state index in [0.717, 1.165) is 0 Å². The van der Waals surface area contributed by atoms with Crippen LogP contribution in [0.15, 0.2) is 54.1 Å². The molecule has 0 saturated heterocycles. The Morgan fingerprint density at radius 2 is 1.95 bits per heavy atom. The molecule has 0 spiro atoms. The number of alkyl halides is 1. The van der Waals surface area contributed by atoms with E-state index in [2.05, 4.69) is 78.1 Å². The number of rotatable bonds is 0. The summed E-state index contributed by atoms with van der Waals surface area (Å²) in [6.45, 7) is 2.34. The van der Waals surface area contributed by atoms with E-state index in [9.17, 15) is 0 Å². The highest BCUT2D eigenvalue weighted by atomic mass is 127. The lowest BCUT2D eigenvalue weighted by atomic mass is 9.76. The fourth-order valence-electron chi connectivity index (χ4n) is 3.65. The lowest BCUT2D eigenvalue weighted by Crippen LogP contribution is -2.16. The van der Waals surface area contributed by atoms with Crippen molar-refractivity contribution < 1.29 is 0 Å². The number of hydrogen-bond acceptors (Lipinski definition) is 0. The minimum atomic E-state index is 0.513. The smallest absolute Gasteiger partial charge is 0.0365 e. The van der Waals surface area contributed by atoms with Gasteiger partial charge in [-0.15, -0.1) is 0 Å². The molecule has 0 N–H and O–H groups in total. The van der Waals surface area contributed by atoms with Crippen LogP contribution in [0.3, 0.4) is 0 Å². The van der Waals surface area contributed by atoms with Gasteiger partial charge in [-0.1, -0.05) is 78.1 Å². The summed E-state index contributed by atoms with van der Waals surface area (Å²) in [5.41, 5.74) is 6.04. The van der Waals surface area contributed by atoms with Gasteiger partial charge in [-0.2, -0.15) is 0 Å². The van der Waals surface area contributed by atoms with Crippen molar-refractivity contribution in [2.24, 2.45) is 0 Å². The second kappa shape index (κ2) is 4.73. The molecule has 0 bridgehead atoms. The molecule has 0 radical (unpaired) electrons. The van der Waals surface area contributed by atoms with E-state index in [4.69, 9.17) is 0 Å². The van der Waals surface area contributed by atoms with Gasteiger partial charge in [0.1, 0.15) is 0 Å². The lowest BCUT2D eigenvalue weighted by Gasteiger charge is -2.31. The number of benzene rings is 2. The van der Waals surface area contributed by atoms with Crippen LogP contribution in [0, 0.1) is 0 Å². The molecule has 20 heavy (non-hydrogen) atoms. The molecular weight excluding hydrogens is 355 g/mol. The largest absolute Gasteiger partial charge is 0.0774 e. The molecule has 100 valence electrons. The zero-order chi connectivity index (χ0) is 13.7. The molecule has 2 atom stereocenters. The third-order valence-electron chi connectivity index (χ3n) is 4.56. The first-order chi connectivity index (χ1) is 9.75. The van der Waals surface area contributed by atoms with Crippen LogP contribution in [0.2, 0.25) is 0 Å². The van der Waals surface area contributed by atoms with Crippen LogP contribution in [0.4, 0.5) is 0 Å². The van der Waals surface area contributed by atoms with Crippen molar-refractivity contribution in [1.29, 1.82) is 0 Å². The van der Waals surface area contributed by atoms with Crippen molar-refractivity contribution in [3.8, 4) is 0 Å². The summed E-state index contributed by atoms with van der Waals surface area (Å²) < 4.78 is 0.676. The van der Waals surface area contributed by atoms with Gasteiger partial charge in [0.05, 0.1) is 0 Å². The van der Waals surface area contributed by atoms with Crippen molar-refractivity contribution in [3.05, 3.63) is 65.3 Å². The van der Waals surface area contributed by atoms with Gasteiger partial charge in [0, 0.05) is 9.84 Å². The molecular formula is C19H17I. The molecule has 0 aromatic heterocycles. The summed E-state index contributed by atoms with van der Waals surface area (Å²) in [6.07, 6.45) is 7.43. The summed E-state index contributed by atoms with van der Waals surface area (Å²) in [4.78, 5) is 0. The first kappa shape index (κ1) is 12.6. The number of fused-ring (bicyclic) bond motifs is 5. The maximum Gasteiger partial charge on any atom is 0.0365 e. The van der Waals surface area contributed by atoms with E-state index in [1.54, 1.807) is 5.57 Å². The number of halogens is 1. The molecule has 0 saturated carbocycles. The molecule has 1 heteroatoms. The molecule has 2 aliphatic rings. The van der Waals surface area contributed by atoms with E-state index in [1.807, 2.05) is 0 Å². The summed E-state index contributed by atoms with van der Waals surface area (Å²) >= 11 is 2.61. The molecule has 2 unspecified atom stereocenters. The minimum absolute atomic E-state index is 0.513. The maximum atomic E-state index is 2.61. The van der Waals surface area contributed by atoms with Crippen molar-refractivity contribution in [2.75, 3.05) is 0 Å². The third kappa shape index (κ3) is 1.79. The molecule has 0 nitrogen and oxygen atoms in total. The summed E-state index contributed by atoms with van der Waals surface area (Å²) in [5.74, 6) is 0.513. The standard InChI is InChI=1S/C19H17I/c1-12-11-17-15(7-4-8-18(17)20)16-10-9-13-5-2-3-6-14(13)19(12)16/h2-3,5-7,9-12,18H,4,8H2,1H3. The Balaban J connectivity index is 2.04. The van der Waals surface area contributed by atoms with Crippen LogP contribution in [0.25, 0.3) is 16.3 Å². The Bertz CT molecular complexity index is 751. The van der Waals surface area contributed by atoms with Crippen molar-refractivity contribution >= 4 is 38.9 Å². The van der Waals surface area contributed by atoms with Crippen LogP contribution in [0.1, 0.15) is 36.8 Å². The van der Waals surface area contributed by atoms with E-state index < -0.39 is 0 Å². The van der Waals surface area contributed by atoms with Gasteiger partial charge in [-0.3, -0.25) is 0 Å². The molecule has 0 amide bonds. The van der Waals surface area contributed by atoms with Gasteiger partial charge in [0.25, 0.3) is 0 Å². The zero-order valence-corrected chi connectivity index (χ0v) is 13.7. The molecule has 2 aromatic carbocycles. The summed E-state index contributed by atoms with van der Waals surface area (Å²) in [7, 11) is 0. The monoisotopic (exact) mass is 372 g/mol. The SMILES string of the molecule is CC1C=C2C(=CCCC2I)c2ccc3ccccc3c21. The van der Waals surface area contributed by atoms with Gasteiger partial charge < -0.3 is 0 Å². The predicted molar refractivity (Wildman–Crippen MR) is 95.5 cm³/mol. The predicted octanol–water partition coefficient (Wildman–Crippen LogP) is 5.86. The molecule has 2 aliphatic carbocycles. The minimum Gasteiger partial charge on any atom is -0.0774 e.